The Kier molecular flexibility index (Phi) is 2.34. The number of hydrogen-bond donors (Lipinski definition) is 1. The molecular weight excluding hydrogens is 185 g/mol. The van der Waals surface area contributed by atoms with Crippen LogP contribution in [0.15, 0.2) is 6.20 Å². The molecule has 1 rings (SSSR count). The Labute approximate surface area is 72.8 Å². The summed E-state index contributed by atoms with van der Waals surface area (Å²) in [6.45, 7) is 1.47. The highest BCUT2D eigenvalue weighted by Crippen LogP contribution is 2.33. The summed E-state index contributed by atoms with van der Waals surface area (Å²) < 4.78 is 37.3. The molecule has 0 aliphatic carbocycles. The lowest BCUT2D eigenvalue weighted by Crippen LogP contribution is -2.23. The van der Waals surface area contributed by atoms with Gasteiger partial charge in [0.25, 0.3) is 0 Å². The van der Waals surface area contributed by atoms with Crippen molar-refractivity contribution in [3.8, 4) is 0 Å². The van der Waals surface area contributed by atoms with Crippen molar-refractivity contribution < 1.29 is 18.3 Å². The number of alkyl halides is 3. The zero-order valence-electron chi connectivity index (χ0n) is 7.13. The van der Waals surface area contributed by atoms with Crippen molar-refractivity contribution >= 4 is 0 Å². The van der Waals surface area contributed by atoms with Gasteiger partial charge in [0.15, 0.2) is 6.10 Å². The highest BCUT2D eigenvalue weighted by molar-refractivity contribution is 5.19. The summed E-state index contributed by atoms with van der Waals surface area (Å²) in [5.41, 5.74) is 0.111. The Bertz CT molecular complexity index is 286. The zero-order valence-corrected chi connectivity index (χ0v) is 7.13. The van der Waals surface area contributed by atoms with E-state index in [4.69, 9.17) is 5.11 Å². The monoisotopic (exact) mass is 194 g/mol. The summed E-state index contributed by atoms with van der Waals surface area (Å²) in [7, 11) is 1.36. The molecule has 0 saturated carbocycles. The molecule has 0 spiro atoms. The zero-order chi connectivity index (χ0) is 10.2. The number of rotatable bonds is 1. The van der Waals surface area contributed by atoms with Crippen LogP contribution in [-0.2, 0) is 7.05 Å². The number of aryl methyl sites for hydroxylation is 2. The Balaban J connectivity index is 3.08. The first-order chi connectivity index (χ1) is 5.84. The van der Waals surface area contributed by atoms with E-state index in [1.54, 1.807) is 0 Å². The molecule has 74 valence electrons. The van der Waals surface area contributed by atoms with Gasteiger partial charge in [0.1, 0.15) is 0 Å². The average Bonchev–Trinajstić information content (AvgIpc) is 2.28. The average molecular weight is 194 g/mol. The minimum Gasteiger partial charge on any atom is -0.378 e. The number of aromatic nitrogens is 2. The molecule has 1 unspecified atom stereocenters. The topological polar surface area (TPSA) is 38.0 Å². The molecule has 3 nitrogen and oxygen atoms in total. The van der Waals surface area contributed by atoms with Crippen molar-refractivity contribution in [1.82, 2.24) is 9.78 Å². The molecule has 0 fully saturated rings. The number of aliphatic hydroxyl groups is 1. The maximum absolute atomic E-state index is 12.1. The normalized spacial score (nSPS) is 14.6. The molecule has 13 heavy (non-hydrogen) atoms. The van der Waals surface area contributed by atoms with Gasteiger partial charge in [0.2, 0.25) is 0 Å². The molecule has 1 N–H and O–H groups in total. The fourth-order valence-electron chi connectivity index (χ4n) is 1.10. The molecule has 1 heterocycles. The SMILES string of the molecule is Cc1cnn(C)c1C(O)C(F)(F)F. The van der Waals surface area contributed by atoms with Gasteiger partial charge in [-0.3, -0.25) is 4.68 Å². The Morgan fingerprint density at radius 3 is 2.38 bits per heavy atom. The van der Waals surface area contributed by atoms with Crippen LogP contribution in [0.25, 0.3) is 0 Å². The standard InChI is InChI=1S/C7H9F3N2O/c1-4-3-11-12(2)5(4)6(13)7(8,9)10/h3,6,13H,1-2H3. The number of aliphatic hydroxyl groups excluding tert-OH is 1. The van der Waals surface area contributed by atoms with Crippen LogP contribution < -0.4 is 0 Å². The lowest BCUT2D eigenvalue weighted by molar-refractivity contribution is -0.208. The third-order valence-corrected chi connectivity index (χ3v) is 1.75. The van der Waals surface area contributed by atoms with Gasteiger partial charge in [-0.05, 0) is 12.5 Å². The van der Waals surface area contributed by atoms with Crippen LogP contribution in [0, 0.1) is 6.92 Å². The van der Waals surface area contributed by atoms with Crippen molar-refractivity contribution in [2.75, 3.05) is 0 Å². The summed E-state index contributed by atoms with van der Waals surface area (Å²) in [4.78, 5) is 0. The molecule has 1 aromatic rings. The van der Waals surface area contributed by atoms with Gasteiger partial charge >= 0.3 is 6.18 Å². The van der Waals surface area contributed by atoms with E-state index in [-0.39, 0.29) is 5.69 Å². The molecule has 0 radical (unpaired) electrons. The molecule has 1 aromatic heterocycles. The van der Waals surface area contributed by atoms with E-state index in [9.17, 15) is 13.2 Å². The minimum atomic E-state index is -4.64. The number of hydrogen-bond acceptors (Lipinski definition) is 2. The van der Waals surface area contributed by atoms with Crippen LogP contribution in [0.5, 0.6) is 0 Å². The highest BCUT2D eigenvalue weighted by Gasteiger charge is 2.41. The first-order valence-corrected chi connectivity index (χ1v) is 3.57. The van der Waals surface area contributed by atoms with Crippen molar-refractivity contribution in [2.24, 2.45) is 7.05 Å². The Morgan fingerprint density at radius 1 is 1.54 bits per heavy atom. The van der Waals surface area contributed by atoms with Crippen LogP contribution in [0.3, 0.4) is 0 Å². The third-order valence-electron chi connectivity index (χ3n) is 1.75. The molecular formula is C7H9F3N2O. The van der Waals surface area contributed by atoms with Gasteiger partial charge in [-0.1, -0.05) is 0 Å². The van der Waals surface area contributed by atoms with Crippen LogP contribution in [-0.4, -0.2) is 21.1 Å². The summed E-state index contributed by atoms with van der Waals surface area (Å²) in [6.07, 6.45) is -5.82. The van der Waals surface area contributed by atoms with E-state index < -0.39 is 12.3 Å². The van der Waals surface area contributed by atoms with E-state index >= 15 is 0 Å². The van der Waals surface area contributed by atoms with E-state index in [0.717, 1.165) is 4.68 Å². The van der Waals surface area contributed by atoms with Crippen molar-refractivity contribution in [3.05, 3.63) is 17.5 Å². The van der Waals surface area contributed by atoms with Crippen LogP contribution in [0.2, 0.25) is 0 Å². The first kappa shape index (κ1) is 10.0. The first-order valence-electron chi connectivity index (χ1n) is 3.57. The van der Waals surface area contributed by atoms with Gasteiger partial charge in [0, 0.05) is 7.05 Å². The largest absolute Gasteiger partial charge is 0.420 e. The van der Waals surface area contributed by atoms with Crippen molar-refractivity contribution in [2.45, 2.75) is 19.2 Å². The summed E-state index contributed by atoms with van der Waals surface area (Å²) in [5, 5.41) is 12.5. The van der Waals surface area contributed by atoms with Crippen molar-refractivity contribution in [3.63, 3.8) is 0 Å². The smallest absolute Gasteiger partial charge is 0.378 e. The molecule has 1 atom stereocenters. The fraction of sp³-hybridized carbons (Fsp3) is 0.571. The number of halogens is 3. The molecule has 6 heteroatoms. The Hall–Kier alpha value is -1.04. The van der Waals surface area contributed by atoms with Crippen LogP contribution >= 0.6 is 0 Å². The van der Waals surface area contributed by atoms with E-state index in [1.165, 1.54) is 20.2 Å². The van der Waals surface area contributed by atoms with Gasteiger partial charge in [-0.25, -0.2) is 0 Å². The van der Waals surface area contributed by atoms with E-state index in [0.29, 0.717) is 5.56 Å². The van der Waals surface area contributed by atoms with Gasteiger partial charge in [0.05, 0.1) is 11.9 Å². The second kappa shape index (κ2) is 3.02. The highest BCUT2D eigenvalue weighted by atomic mass is 19.4. The maximum atomic E-state index is 12.1. The molecule has 0 saturated heterocycles. The summed E-state index contributed by atoms with van der Waals surface area (Å²) in [5.74, 6) is 0. The second-order valence-electron chi connectivity index (χ2n) is 2.78. The minimum absolute atomic E-state index is 0.215. The lowest BCUT2D eigenvalue weighted by atomic mass is 10.2. The Morgan fingerprint density at radius 2 is 2.08 bits per heavy atom. The predicted molar refractivity (Wildman–Crippen MR) is 39.0 cm³/mol. The lowest BCUT2D eigenvalue weighted by Gasteiger charge is -2.15. The van der Waals surface area contributed by atoms with Gasteiger partial charge in [-0.2, -0.15) is 18.3 Å². The molecule has 0 aliphatic heterocycles. The predicted octanol–water partition coefficient (Wildman–Crippen LogP) is 1.32. The van der Waals surface area contributed by atoms with Crippen molar-refractivity contribution in [1.29, 1.82) is 0 Å². The van der Waals surface area contributed by atoms with Gasteiger partial charge < -0.3 is 5.11 Å². The number of nitrogens with zero attached hydrogens (tertiary/aromatic N) is 2. The second-order valence-corrected chi connectivity index (χ2v) is 2.78. The molecule has 0 aliphatic rings. The van der Waals surface area contributed by atoms with E-state index in [1.807, 2.05) is 0 Å². The summed E-state index contributed by atoms with van der Waals surface area (Å²) in [6, 6.07) is 0. The fourth-order valence-corrected chi connectivity index (χ4v) is 1.10. The van der Waals surface area contributed by atoms with Crippen LogP contribution in [0.4, 0.5) is 13.2 Å². The summed E-state index contributed by atoms with van der Waals surface area (Å²) >= 11 is 0. The molecule has 0 aromatic carbocycles. The quantitative estimate of drug-likeness (QED) is 0.732. The molecule has 0 amide bonds. The van der Waals surface area contributed by atoms with E-state index in [2.05, 4.69) is 5.10 Å². The van der Waals surface area contributed by atoms with Crippen LogP contribution in [0.1, 0.15) is 17.4 Å². The molecule has 0 bridgehead atoms. The van der Waals surface area contributed by atoms with Gasteiger partial charge in [-0.15, -0.1) is 0 Å². The third kappa shape index (κ3) is 1.82. The maximum Gasteiger partial charge on any atom is 0.420 e.